The van der Waals surface area contributed by atoms with Crippen molar-refractivity contribution in [1.82, 2.24) is 21.2 Å². The minimum atomic E-state index is -0.603. The average molecular weight is 210 g/mol. The number of carbonyl (C=O) groups excluding carboxylic acids is 1. The van der Waals surface area contributed by atoms with Gasteiger partial charge in [-0.1, -0.05) is 0 Å². The van der Waals surface area contributed by atoms with Crippen LogP contribution >= 0.6 is 0 Å². The lowest BCUT2D eigenvalue weighted by Crippen LogP contribution is -2.38. The molecule has 5 nitrogen and oxygen atoms in total. The summed E-state index contributed by atoms with van der Waals surface area (Å²) in [5, 5.41) is 2.70. The molecule has 3 N–H and O–H groups in total. The van der Waals surface area contributed by atoms with Crippen molar-refractivity contribution in [1.29, 1.82) is 0 Å². The molecule has 0 atom stereocenters. The van der Waals surface area contributed by atoms with Crippen molar-refractivity contribution in [3.63, 3.8) is 0 Å². The Morgan fingerprint density at radius 1 is 1.53 bits per heavy atom. The minimum Gasteiger partial charge on any atom is -0.347 e. The van der Waals surface area contributed by atoms with E-state index in [4.69, 9.17) is 0 Å². The van der Waals surface area contributed by atoms with Crippen molar-refractivity contribution < 1.29 is 9.18 Å². The van der Waals surface area contributed by atoms with Crippen LogP contribution in [0.25, 0.3) is 0 Å². The van der Waals surface area contributed by atoms with E-state index in [-0.39, 0.29) is 11.6 Å². The third kappa shape index (κ3) is 2.28. The molecule has 1 amide bonds. The number of hydrogen-bond acceptors (Lipinski definition) is 4. The maximum Gasteiger partial charge on any atom is 0.254 e. The van der Waals surface area contributed by atoms with Crippen LogP contribution in [0.15, 0.2) is 18.5 Å². The molecule has 0 spiro atoms. The quantitative estimate of drug-likeness (QED) is 0.611. The fourth-order valence-corrected chi connectivity index (χ4v) is 1.39. The highest BCUT2D eigenvalue weighted by Crippen LogP contribution is 2.04. The van der Waals surface area contributed by atoms with Gasteiger partial charge < -0.3 is 5.32 Å². The number of rotatable bonds is 2. The number of nitrogens with one attached hydrogen (secondary N) is 3. The zero-order valence-electron chi connectivity index (χ0n) is 7.96. The summed E-state index contributed by atoms with van der Waals surface area (Å²) in [4.78, 5) is 15.2. The van der Waals surface area contributed by atoms with Crippen LogP contribution in [-0.4, -0.2) is 30.0 Å². The van der Waals surface area contributed by atoms with Gasteiger partial charge in [0.2, 0.25) is 0 Å². The Morgan fingerprint density at radius 2 is 2.27 bits per heavy atom. The van der Waals surface area contributed by atoms with E-state index in [9.17, 15) is 9.18 Å². The Bertz CT molecular complexity index is 365. The van der Waals surface area contributed by atoms with Gasteiger partial charge in [-0.05, 0) is 6.07 Å². The Balaban J connectivity index is 2.04. The summed E-state index contributed by atoms with van der Waals surface area (Å²) >= 11 is 0. The lowest BCUT2D eigenvalue weighted by atomic mass is 10.2. The van der Waals surface area contributed by atoms with Gasteiger partial charge in [0.25, 0.3) is 5.91 Å². The van der Waals surface area contributed by atoms with Crippen LogP contribution in [0.4, 0.5) is 4.39 Å². The van der Waals surface area contributed by atoms with E-state index < -0.39 is 11.7 Å². The van der Waals surface area contributed by atoms with Crippen LogP contribution in [0.2, 0.25) is 0 Å². The third-order valence-electron chi connectivity index (χ3n) is 2.17. The number of carbonyl (C=O) groups is 1. The molecular formula is C9H11FN4O. The van der Waals surface area contributed by atoms with Crippen molar-refractivity contribution >= 4 is 5.91 Å². The molecule has 1 aromatic heterocycles. The maximum atomic E-state index is 13.2. The first-order valence-electron chi connectivity index (χ1n) is 4.63. The van der Waals surface area contributed by atoms with Gasteiger partial charge in [-0.2, -0.15) is 0 Å². The number of pyridine rings is 1. The summed E-state index contributed by atoms with van der Waals surface area (Å²) in [6, 6.07) is 1.35. The summed E-state index contributed by atoms with van der Waals surface area (Å²) in [7, 11) is 0. The standard InChI is InChI=1S/C9H11FN4O/c10-8-5-11-2-1-7(8)9(15)14-6-3-12-13-4-6/h1-2,5-6,12-13H,3-4H2,(H,14,15). The van der Waals surface area contributed by atoms with Gasteiger partial charge in [0, 0.05) is 19.3 Å². The molecule has 1 aliphatic heterocycles. The molecule has 6 heteroatoms. The van der Waals surface area contributed by atoms with Crippen LogP contribution in [-0.2, 0) is 0 Å². The molecule has 1 saturated heterocycles. The third-order valence-corrected chi connectivity index (χ3v) is 2.17. The first kappa shape index (κ1) is 10.0. The van der Waals surface area contributed by atoms with Gasteiger partial charge in [0.05, 0.1) is 17.8 Å². The van der Waals surface area contributed by atoms with Crippen LogP contribution in [0.5, 0.6) is 0 Å². The molecule has 0 aliphatic carbocycles. The molecular weight excluding hydrogens is 199 g/mol. The summed E-state index contributed by atoms with van der Waals surface area (Å²) in [6.07, 6.45) is 2.42. The maximum absolute atomic E-state index is 13.2. The fourth-order valence-electron chi connectivity index (χ4n) is 1.39. The van der Waals surface area contributed by atoms with E-state index in [1.54, 1.807) is 0 Å². The molecule has 0 aromatic carbocycles. The second kappa shape index (κ2) is 4.33. The van der Waals surface area contributed by atoms with E-state index in [1.165, 1.54) is 12.3 Å². The Hall–Kier alpha value is -1.53. The van der Waals surface area contributed by atoms with E-state index in [0.717, 1.165) is 6.20 Å². The normalized spacial score (nSPS) is 16.6. The molecule has 80 valence electrons. The van der Waals surface area contributed by atoms with Gasteiger partial charge in [-0.15, -0.1) is 0 Å². The van der Waals surface area contributed by atoms with E-state index in [2.05, 4.69) is 21.2 Å². The Kier molecular flexibility index (Phi) is 2.89. The van der Waals surface area contributed by atoms with Crippen LogP contribution in [0, 0.1) is 5.82 Å². The lowest BCUT2D eigenvalue weighted by molar-refractivity contribution is 0.0937. The van der Waals surface area contributed by atoms with Gasteiger partial charge in [-0.3, -0.25) is 20.6 Å². The second-order valence-corrected chi connectivity index (χ2v) is 3.29. The van der Waals surface area contributed by atoms with Gasteiger partial charge in [0.1, 0.15) is 0 Å². The number of hydrogen-bond donors (Lipinski definition) is 3. The number of hydrazine groups is 1. The minimum absolute atomic E-state index is 0.00920. The molecule has 2 rings (SSSR count). The molecule has 1 fully saturated rings. The highest BCUT2D eigenvalue weighted by atomic mass is 19.1. The predicted molar refractivity (Wildman–Crippen MR) is 51.5 cm³/mol. The van der Waals surface area contributed by atoms with E-state index >= 15 is 0 Å². The van der Waals surface area contributed by atoms with Crippen molar-refractivity contribution in [3.8, 4) is 0 Å². The largest absolute Gasteiger partial charge is 0.347 e. The van der Waals surface area contributed by atoms with Crippen LogP contribution in [0.3, 0.4) is 0 Å². The molecule has 0 bridgehead atoms. The van der Waals surface area contributed by atoms with Crippen molar-refractivity contribution in [2.24, 2.45) is 0 Å². The Labute approximate surface area is 86.1 Å². The van der Waals surface area contributed by atoms with Crippen LogP contribution in [0.1, 0.15) is 10.4 Å². The second-order valence-electron chi connectivity index (χ2n) is 3.29. The first-order chi connectivity index (χ1) is 7.27. The monoisotopic (exact) mass is 210 g/mol. The Morgan fingerprint density at radius 3 is 2.93 bits per heavy atom. The molecule has 2 heterocycles. The SMILES string of the molecule is O=C(NC1CNNC1)c1ccncc1F. The summed E-state index contributed by atoms with van der Waals surface area (Å²) < 4.78 is 13.2. The van der Waals surface area contributed by atoms with Gasteiger partial charge >= 0.3 is 0 Å². The van der Waals surface area contributed by atoms with Crippen molar-refractivity contribution in [2.45, 2.75) is 6.04 Å². The lowest BCUT2D eigenvalue weighted by Gasteiger charge is -2.10. The van der Waals surface area contributed by atoms with Crippen molar-refractivity contribution in [3.05, 3.63) is 29.8 Å². The molecule has 0 radical (unpaired) electrons. The average Bonchev–Trinajstić information content (AvgIpc) is 2.71. The van der Waals surface area contributed by atoms with E-state index in [0.29, 0.717) is 13.1 Å². The van der Waals surface area contributed by atoms with Crippen molar-refractivity contribution in [2.75, 3.05) is 13.1 Å². The number of halogens is 1. The van der Waals surface area contributed by atoms with Crippen LogP contribution < -0.4 is 16.2 Å². The predicted octanol–water partition coefficient (Wildman–Crippen LogP) is -0.573. The summed E-state index contributed by atoms with van der Waals surface area (Å²) in [5.41, 5.74) is 5.77. The number of aromatic nitrogens is 1. The molecule has 0 unspecified atom stereocenters. The van der Waals surface area contributed by atoms with Gasteiger partial charge in [0.15, 0.2) is 5.82 Å². The first-order valence-corrected chi connectivity index (χ1v) is 4.63. The highest BCUT2D eigenvalue weighted by molar-refractivity contribution is 5.94. The zero-order valence-corrected chi connectivity index (χ0v) is 7.96. The molecule has 15 heavy (non-hydrogen) atoms. The summed E-state index contributed by atoms with van der Waals surface area (Å²) in [5.74, 6) is -1.01. The topological polar surface area (TPSA) is 66.1 Å². The number of amides is 1. The molecule has 1 aliphatic rings. The number of nitrogens with zero attached hydrogens (tertiary/aromatic N) is 1. The zero-order chi connectivity index (χ0) is 10.7. The molecule has 0 saturated carbocycles. The summed E-state index contributed by atoms with van der Waals surface area (Å²) in [6.45, 7) is 1.27. The molecule has 1 aromatic rings. The van der Waals surface area contributed by atoms with E-state index in [1.807, 2.05) is 0 Å². The smallest absolute Gasteiger partial charge is 0.254 e. The fraction of sp³-hybridized carbons (Fsp3) is 0.333. The van der Waals surface area contributed by atoms with Gasteiger partial charge in [-0.25, -0.2) is 4.39 Å². The highest BCUT2D eigenvalue weighted by Gasteiger charge is 2.19.